The van der Waals surface area contributed by atoms with Crippen molar-refractivity contribution in [2.24, 2.45) is 10.9 Å². The van der Waals surface area contributed by atoms with Crippen LogP contribution in [0.1, 0.15) is 63.4 Å². The lowest BCUT2D eigenvalue weighted by atomic mass is 10.1. The summed E-state index contributed by atoms with van der Waals surface area (Å²) in [6.07, 6.45) is 2.09. The molecular formula is C23H39N5O. The van der Waals surface area contributed by atoms with Gasteiger partial charge in [-0.3, -0.25) is 9.69 Å². The Morgan fingerprint density at radius 2 is 1.90 bits per heavy atom. The molecule has 1 aliphatic heterocycles. The molecule has 1 heterocycles. The van der Waals surface area contributed by atoms with Gasteiger partial charge >= 0.3 is 0 Å². The molecule has 0 bridgehead atoms. The van der Waals surface area contributed by atoms with Crippen LogP contribution in [-0.2, 0) is 6.54 Å². The minimum absolute atomic E-state index is 0.00608. The molecule has 0 aliphatic carbocycles. The summed E-state index contributed by atoms with van der Waals surface area (Å²) < 4.78 is 0. The van der Waals surface area contributed by atoms with Crippen molar-refractivity contribution in [2.45, 2.75) is 66.1 Å². The van der Waals surface area contributed by atoms with Crippen molar-refractivity contribution in [3.8, 4) is 0 Å². The highest BCUT2D eigenvalue weighted by atomic mass is 16.1. The normalized spacial score (nSPS) is 20.1. The minimum atomic E-state index is -0.00608. The second kappa shape index (κ2) is 11.8. The number of nitrogens with zero attached hydrogens (tertiary/aromatic N) is 2. The molecule has 0 saturated carbocycles. The molecule has 2 rings (SSSR count). The van der Waals surface area contributed by atoms with E-state index in [0.29, 0.717) is 30.1 Å². The summed E-state index contributed by atoms with van der Waals surface area (Å²) in [5, 5.41) is 9.92. The average Bonchev–Trinajstić information content (AvgIpc) is 3.07. The van der Waals surface area contributed by atoms with Crippen LogP contribution in [0.2, 0.25) is 0 Å². The molecule has 2 unspecified atom stereocenters. The van der Waals surface area contributed by atoms with Crippen molar-refractivity contribution in [1.29, 1.82) is 0 Å². The molecule has 1 aromatic rings. The molecule has 1 aromatic carbocycles. The Balaban J connectivity index is 1.93. The lowest BCUT2D eigenvalue weighted by Gasteiger charge is -2.22. The van der Waals surface area contributed by atoms with E-state index in [9.17, 15) is 4.79 Å². The Bertz CT molecular complexity index is 656. The highest BCUT2D eigenvalue weighted by Crippen LogP contribution is 2.18. The van der Waals surface area contributed by atoms with Gasteiger partial charge in [0.25, 0.3) is 5.91 Å². The second-order valence-electron chi connectivity index (χ2n) is 8.28. The zero-order valence-corrected chi connectivity index (χ0v) is 18.8. The highest BCUT2D eigenvalue weighted by molar-refractivity contribution is 5.94. The number of carbonyl (C=O) groups is 1. The van der Waals surface area contributed by atoms with E-state index in [0.717, 1.165) is 50.5 Å². The Morgan fingerprint density at radius 1 is 1.17 bits per heavy atom. The van der Waals surface area contributed by atoms with E-state index in [2.05, 4.69) is 55.5 Å². The number of likely N-dealkylation sites (tertiary alicyclic amines) is 1. The molecule has 162 valence electrons. The maximum Gasteiger partial charge on any atom is 0.251 e. The third kappa shape index (κ3) is 7.35. The van der Waals surface area contributed by atoms with Crippen molar-refractivity contribution in [2.75, 3.05) is 26.2 Å². The summed E-state index contributed by atoms with van der Waals surface area (Å²) in [6.45, 7) is 15.3. The topological polar surface area (TPSA) is 68.8 Å². The Morgan fingerprint density at radius 3 is 2.48 bits per heavy atom. The Kier molecular flexibility index (Phi) is 9.45. The van der Waals surface area contributed by atoms with Gasteiger partial charge in [-0.05, 0) is 50.8 Å². The maximum atomic E-state index is 12.1. The molecule has 0 spiro atoms. The van der Waals surface area contributed by atoms with Crippen LogP contribution in [0.4, 0.5) is 0 Å². The van der Waals surface area contributed by atoms with E-state index >= 15 is 0 Å². The standard InChI is InChI=1S/C23H39N5O/c1-6-8-13-25-22(29)20-11-9-19(10-12-20)14-26-23(24-7-2)27-21-16-28(17(3)4)15-18(21)5/h9-12,17-18,21H,6-8,13-16H2,1-5H3,(H,25,29)(H2,24,26,27). The van der Waals surface area contributed by atoms with Crippen LogP contribution in [0.5, 0.6) is 0 Å². The third-order valence-electron chi connectivity index (χ3n) is 5.49. The van der Waals surface area contributed by atoms with Crippen molar-refractivity contribution in [1.82, 2.24) is 20.9 Å². The summed E-state index contributed by atoms with van der Waals surface area (Å²) in [7, 11) is 0. The van der Waals surface area contributed by atoms with Gasteiger partial charge in [-0.1, -0.05) is 32.4 Å². The number of aliphatic imine (C=N–C) groups is 1. The second-order valence-corrected chi connectivity index (χ2v) is 8.28. The fourth-order valence-corrected chi connectivity index (χ4v) is 3.52. The number of rotatable bonds is 9. The van der Waals surface area contributed by atoms with Gasteiger partial charge in [0.2, 0.25) is 0 Å². The highest BCUT2D eigenvalue weighted by Gasteiger charge is 2.31. The predicted molar refractivity (Wildman–Crippen MR) is 121 cm³/mol. The first kappa shape index (κ1) is 23.2. The SMILES string of the molecule is CCCCNC(=O)c1ccc(CN=C(NCC)NC2CN(C(C)C)CC2C)cc1. The molecule has 29 heavy (non-hydrogen) atoms. The average molecular weight is 402 g/mol. The van der Waals surface area contributed by atoms with Gasteiger partial charge in [0.05, 0.1) is 6.54 Å². The third-order valence-corrected chi connectivity index (χ3v) is 5.49. The van der Waals surface area contributed by atoms with E-state index in [4.69, 9.17) is 4.99 Å². The molecule has 6 heteroatoms. The Hall–Kier alpha value is -2.08. The van der Waals surface area contributed by atoms with E-state index < -0.39 is 0 Å². The first-order valence-corrected chi connectivity index (χ1v) is 11.1. The number of guanidine groups is 1. The summed E-state index contributed by atoms with van der Waals surface area (Å²) in [5.41, 5.74) is 1.79. The fourth-order valence-electron chi connectivity index (χ4n) is 3.52. The first-order chi connectivity index (χ1) is 13.9. The summed E-state index contributed by atoms with van der Waals surface area (Å²) in [4.78, 5) is 19.4. The molecule has 1 saturated heterocycles. The zero-order chi connectivity index (χ0) is 21.2. The smallest absolute Gasteiger partial charge is 0.251 e. The van der Waals surface area contributed by atoms with Gasteiger partial charge in [0.15, 0.2) is 5.96 Å². The lowest BCUT2D eigenvalue weighted by molar-refractivity contribution is 0.0953. The largest absolute Gasteiger partial charge is 0.357 e. The minimum Gasteiger partial charge on any atom is -0.357 e. The lowest BCUT2D eigenvalue weighted by Crippen LogP contribution is -2.46. The number of hydrogen-bond donors (Lipinski definition) is 3. The van der Waals surface area contributed by atoms with Gasteiger partial charge < -0.3 is 16.0 Å². The molecule has 0 radical (unpaired) electrons. The van der Waals surface area contributed by atoms with Crippen LogP contribution in [0.3, 0.4) is 0 Å². The van der Waals surface area contributed by atoms with Crippen molar-refractivity contribution >= 4 is 11.9 Å². The number of amides is 1. The van der Waals surface area contributed by atoms with Crippen LogP contribution < -0.4 is 16.0 Å². The van der Waals surface area contributed by atoms with Gasteiger partial charge in [0.1, 0.15) is 0 Å². The van der Waals surface area contributed by atoms with E-state index in [1.54, 1.807) is 0 Å². The van der Waals surface area contributed by atoms with Crippen molar-refractivity contribution in [3.63, 3.8) is 0 Å². The van der Waals surface area contributed by atoms with E-state index in [1.807, 2.05) is 24.3 Å². The van der Waals surface area contributed by atoms with Crippen molar-refractivity contribution < 1.29 is 4.79 Å². The molecule has 2 atom stereocenters. The molecule has 1 aliphatic rings. The van der Waals surface area contributed by atoms with Gasteiger partial charge in [-0.2, -0.15) is 0 Å². The number of nitrogens with one attached hydrogen (secondary N) is 3. The van der Waals surface area contributed by atoms with E-state index in [1.165, 1.54) is 0 Å². The summed E-state index contributed by atoms with van der Waals surface area (Å²) in [5.74, 6) is 1.44. The summed E-state index contributed by atoms with van der Waals surface area (Å²) in [6, 6.07) is 8.71. The van der Waals surface area contributed by atoms with Crippen molar-refractivity contribution in [3.05, 3.63) is 35.4 Å². The van der Waals surface area contributed by atoms with Crippen LogP contribution in [0.25, 0.3) is 0 Å². The van der Waals surface area contributed by atoms with Crippen LogP contribution in [-0.4, -0.2) is 55.0 Å². The van der Waals surface area contributed by atoms with Gasteiger partial charge in [0, 0.05) is 43.8 Å². The Labute approximate surface area is 176 Å². The monoisotopic (exact) mass is 401 g/mol. The molecule has 1 amide bonds. The maximum absolute atomic E-state index is 12.1. The van der Waals surface area contributed by atoms with Crippen LogP contribution in [0, 0.1) is 5.92 Å². The van der Waals surface area contributed by atoms with Crippen LogP contribution in [0.15, 0.2) is 29.3 Å². The number of unbranched alkanes of at least 4 members (excludes halogenated alkanes) is 1. The quantitative estimate of drug-likeness (QED) is 0.338. The number of carbonyl (C=O) groups excluding carboxylic acids is 1. The van der Waals surface area contributed by atoms with Gasteiger partial charge in [-0.15, -0.1) is 0 Å². The predicted octanol–water partition coefficient (Wildman–Crippen LogP) is 3.00. The molecular weight excluding hydrogens is 362 g/mol. The zero-order valence-electron chi connectivity index (χ0n) is 18.8. The summed E-state index contributed by atoms with van der Waals surface area (Å²) >= 11 is 0. The molecule has 6 nitrogen and oxygen atoms in total. The number of benzene rings is 1. The number of hydrogen-bond acceptors (Lipinski definition) is 3. The van der Waals surface area contributed by atoms with E-state index in [-0.39, 0.29) is 5.91 Å². The molecule has 0 aromatic heterocycles. The molecule has 1 fully saturated rings. The molecule has 3 N–H and O–H groups in total. The first-order valence-electron chi connectivity index (χ1n) is 11.1. The fraction of sp³-hybridized carbons (Fsp3) is 0.652. The van der Waals surface area contributed by atoms with Gasteiger partial charge in [-0.25, -0.2) is 4.99 Å². The van der Waals surface area contributed by atoms with Crippen LogP contribution >= 0.6 is 0 Å².